The molecular weight excluding hydrogens is 926 g/mol. The van der Waals surface area contributed by atoms with E-state index in [1.807, 2.05) is 133 Å². The molecule has 0 spiro atoms. The molecule has 1 unspecified atom stereocenters. The van der Waals surface area contributed by atoms with Crippen molar-refractivity contribution in [2.45, 2.75) is 33.1 Å². The lowest BCUT2D eigenvalue weighted by molar-refractivity contribution is -0.123. The van der Waals surface area contributed by atoms with E-state index in [2.05, 4.69) is 24.1 Å². The highest BCUT2D eigenvalue weighted by atomic mass is 31.2. The Balaban J connectivity index is 0.728. The summed E-state index contributed by atoms with van der Waals surface area (Å²) < 4.78 is 44.4. The molecule has 1 atom stereocenters. The summed E-state index contributed by atoms with van der Waals surface area (Å²) in [7, 11) is -4.70. The second-order valence-corrected chi connectivity index (χ2v) is 19.1. The highest BCUT2D eigenvalue weighted by Gasteiger charge is 2.37. The van der Waals surface area contributed by atoms with E-state index < -0.39 is 7.82 Å². The molecule has 1 aliphatic carbocycles. The van der Waals surface area contributed by atoms with Crippen molar-refractivity contribution in [3.63, 3.8) is 0 Å². The summed E-state index contributed by atoms with van der Waals surface area (Å²) in [6, 6.07) is 49.7. The van der Waals surface area contributed by atoms with Crippen molar-refractivity contribution in [2.75, 3.05) is 37.7 Å². The molecule has 0 bridgehead atoms. The molecule has 12 nitrogen and oxygen atoms in total. The number of amides is 1. The van der Waals surface area contributed by atoms with E-state index in [-0.39, 0.29) is 29.4 Å². The van der Waals surface area contributed by atoms with Crippen molar-refractivity contribution in [1.29, 1.82) is 0 Å². The average Bonchev–Trinajstić information content (AvgIpc) is 3.53. The number of carbonyl (C=O) groups is 1. The molecule has 2 N–H and O–H groups in total. The largest absolute Gasteiger partial charge is 0.584 e. The molecule has 3 aliphatic rings. The Labute approximate surface area is 415 Å². The minimum absolute atomic E-state index is 0.185. The molecule has 0 aromatic heterocycles. The molecule has 2 heterocycles. The topological polar surface area (TPSA) is 150 Å². The van der Waals surface area contributed by atoms with Crippen molar-refractivity contribution >= 4 is 62.8 Å². The second kappa shape index (κ2) is 19.5. The van der Waals surface area contributed by atoms with Gasteiger partial charge in [0.05, 0.1) is 6.61 Å². The average molecular weight is 976 g/mol. The predicted octanol–water partition coefficient (Wildman–Crippen LogP) is 13.2. The maximum Gasteiger partial charge on any atom is 0.584 e. The van der Waals surface area contributed by atoms with E-state index in [9.17, 15) is 19.0 Å². The fourth-order valence-corrected chi connectivity index (χ4v) is 10.6. The Morgan fingerprint density at radius 2 is 1.29 bits per heavy atom. The zero-order valence-electron chi connectivity index (χ0n) is 39.7. The Bertz CT molecular complexity index is 3760. The first kappa shape index (κ1) is 46.2. The summed E-state index contributed by atoms with van der Waals surface area (Å²) >= 11 is 0. The number of rotatable bonds is 15. The van der Waals surface area contributed by atoms with E-state index in [0.29, 0.717) is 80.2 Å². The SMILES string of the molecule is CCN(CC)c1ccc2nc3c4cc(OCC(=O)NCCCCCOc5ccc(-c6cc7ccccc7c7c6OP(=O)(O)Oc6c(-c8ccccc8)cc8ccccc8c6-7)cc5)ccc4c(=O)cc-3oc2c1. The van der Waals surface area contributed by atoms with Crippen LogP contribution in [-0.4, -0.2) is 48.6 Å². The summed E-state index contributed by atoms with van der Waals surface area (Å²) in [5.41, 5.74) is 6.95. The van der Waals surface area contributed by atoms with Crippen LogP contribution in [0.25, 0.3) is 88.3 Å². The Hall–Kier alpha value is -8.18. The maximum absolute atomic E-state index is 14.0. The third-order valence-corrected chi connectivity index (χ3v) is 14.1. The lowest BCUT2D eigenvalue weighted by Gasteiger charge is -2.21. The number of unbranched alkanes of at least 4 members (excludes halogenated alkanes) is 2. The van der Waals surface area contributed by atoms with Crippen LogP contribution in [0.5, 0.6) is 23.0 Å². The van der Waals surface area contributed by atoms with Crippen molar-refractivity contribution in [1.82, 2.24) is 10.3 Å². The number of carbonyl (C=O) groups excluding carboxylic acids is 1. The Morgan fingerprint density at radius 1 is 0.653 bits per heavy atom. The summed E-state index contributed by atoms with van der Waals surface area (Å²) in [4.78, 5) is 44.4. The molecule has 0 saturated carbocycles. The van der Waals surface area contributed by atoms with Crippen molar-refractivity contribution in [2.24, 2.45) is 0 Å². The number of phosphoric acid groups is 1. The summed E-state index contributed by atoms with van der Waals surface area (Å²) in [6.45, 7) is 6.67. The molecule has 11 rings (SSSR count). The molecular formula is C59H50N3O9P. The lowest BCUT2D eigenvalue weighted by Crippen LogP contribution is -2.29. The maximum atomic E-state index is 14.0. The lowest BCUT2D eigenvalue weighted by atomic mass is 9.86. The van der Waals surface area contributed by atoms with Gasteiger partial charge in [0.1, 0.15) is 34.2 Å². The van der Waals surface area contributed by atoms with E-state index in [0.717, 1.165) is 70.7 Å². The quantitative estimate of drug-likeness (QED) is 0.0437. The van der Waals surface area contributed by atoms with Crippen LogP contribution in [0.15, 0.2) is 167 Å². The van der Waals surface area contributed by atoms with Crippen LogP contribution < -0.4 is 34.2 Å². The van der Waals surface area contributed by atoms with E-state index in [1.165, 1.54) is 6.07 Å². The van der Waals surface area contributed by atoms with Crippen molar-refractivity contribution in [3.05, 3.63) is 168 Å². The number of ether oxygens (including phenoxy) is 2. The number of nitrogens with zero attached hydrogens (tertiary/aromatic N) is 2. The van der Waals surface area contributed by atoms with Gasteiger partial charge in [0.25, 0.3) is 5.91 Å². The van der Waals surface area contributed by atoms with Gasteiger partial charge in [-0.2, -0.15) is 0 Å². The number of benzene rings is 9. The molecule has 72 heavy (non-hydrogen) atoms. The van der Waals surface area contributed by atoms with Gasteiger partial charge < -0.3 is 33.2 Å². The van der Waals surface area contributed by atoms with Crippen molar-refractivity contribution < 1.29 is 37.2 Å². The van der Waals surface area contributed by atoms with Gasteiger partial charge in [0.15, 0.2) is 23.4 Å². The number of phosphoric ester groups is 1. The minimum atomic E-state index is -4.70. The van der Waals surface area contributed by atoms with Gasteiger partial charge >= 0.3 is 7.82 Å². The van der Waals surface area contributed by atoms with Gasteiger partial charge in [-0.25, -0.2) is 9.55 Å². The fraction of sp³-hybridized carbons (Fsp3) is 0.169. The van der Waals surface area contributed by atoms with Crippen molar-refractivity contribution in [3.8, 4) is 67.8 Å². The zero-order valence-corrected chi connectivity index (χ0v) is 40.6. The first-order chi connectivity index (χ1) is 35.1. The van der Waals surface area contributed by atoms with Gasteiger partial charge in [-0.15, -0.1) is 0 Å². The molecule has 0 fully saturated rings. The van der Waals surface area contributed by atoms with Crippen LogP contribution in [0.4, 0.5) is 5.69 Å². The third-order valence-electron chi connectivity index (χ3n) is 13.2. The van der Waals surface area contributed by atoms with Gasteiger partial charge in [-0.05, 0) is 120 Å². The standard InChI is InChI=1S/C59H50N3O9P/c1-3-62(4-2)41-23-28-50-52(33-41)69-53-35-51(63)46-27-26-43(34-49(46)57(53)61-50)68-36-54(64)60-29-13-6-14-30-67-42-24-21-38(22-25-42)48-32-40-18-10-12-20-45(40)56-55-44-19-11-9-17-39(44)31-47(37-15-7-5-8-16-37)58(55)70-72(65,66)71-59(48)56/h5,7-12,15-28,31-35H,3-4,6,13-14,29-30,36H2,1-2H3,(H,60,64)(H,65,66). The first-order valence-electron chi connectivity index (χ1n) is 24.2. The van der Waals surface area contributed by atoms with Crippen LogP contribution in [0, 0.1) is 0 Å². The molecule has 0 saturated heterocycles. The van der Waals surface area contributed by atoms with E-state index in [4.69, 9.17) is 27.9 Å². The van der Waals surface area contributed by atoms with E-state index in [1.54, 1.807) is 18.2 Å². The number of hydrogen-bond donors (Lipinski definition) is 2. The van der Waals surface area contributed by atoms with Crippen LogP contribution in [0.1, 0.15) is 33.1 Å². The van der Waals surface area contributed by atoms with Gasteiger partial charge in [-0.1, -0.05) is 91.0 Å². The summed E-state index contributed by atoms with van der Waals surface area (Å²) in [5.74, 6) is 1.79. The second-order valence-electron chi connectivity index (χ2n) is 17.8. The number of fused-ring (bicyclic) bond motifs is 11. The Kier molecular flexibility index (Phi) is 12.5. The molecule has 360 valence electrons. The summed E-state index contributed by atoms with van der Waals surface area (Å²) in [6.07, 6.45) is 2.34. The Morgan fingerprint density at radius 3 is 1.97 bits per heavy atom. The molecule has 2 aliphatic heterocycles. The van der Waals surface area contributed by atoms with Crippen LogP contribution >= 0.6 is 7.82 Å². The number of nitrogens with one attached hydrogen (secondary N) is 1. The third kappa shape index (κ3) is 9.07. The minimum Gasteiger partial charge on any atom is -0.494 e. The molecule has 8 aromatic carbocycles. The predicted molar refractivity (Wildman–Crippen MR) is 285 cm³/mol. The smallest absolute Gasteiger partial charge is 0.494 e. The number of aromatic nitrogens is 1. The van der Waals surface area contributed by atoms with Gasteiger partial charge in [0.2, 0.25) is 0 Å². The fourth-order valence-electron chi connectivity index (χ4n) is 9.71. The normalized spacial score (nSPS) is 14.1. The van der Waals surface area contributed by atoms with Gasteiger partial charge in [-0.3, -0.25) is 14.5 Å². The highest BCUT2D eigenvalue weighted by molar-refractivity contribution is 7.48. The van der Waals surface area contributed by atoms with Crippen LogP contribution in [0.2, 0.25) is 0 Å². The van der Waals surface area contributed by atoms with Crippen LogP contribution in [-0.2, 0) is 9.36 Å². The molecule has 1 amide bonds. The first-order valence-corrected chi connectivity index (χ1v) is 25.7. The van der Waals surface area contributed by atoms with Gasteiger partial charge in [0, 0.05) is 70.5 Å². The monoisotopic (exact) mass is 975 g/mol. The molecule has 8 aromatic rings. The number of hydrogen-bond acceptors (Lipinski definition) is 10. The number of anilines is 1. The highest BCUT2D eigenvalue weighted by Crippen LogP contribution is 2.61. The summed E-state index contributed by atoms with van der Waals surface area (Å²) in [5, 5.41) is 7.62. The van der Waals surface area contributed by atoms with Crippen LogP contribution in [0.3, 0.4) is 0 Å². The molecule has 13 heteroatoms. The van der Waals surface area contributed by atoms with E-state index >= 15 is 0 Å². The molecule has 0 radical (unpaired) electrons. The zero-order chi connectivity index (χ0) is 49.3.